The Morgan fingerprint density at radius 1 is 1.07 bits per heavy atom. The predicted molar refractivity (Wildman–Crippen MR) is 50.6 cm³/mol. The third-order valence-electron chi connectivity index (χ3n) is 1.84. The quantitative estimate of drug-likeness (QED) is 0.622. The molecule has 0 saturated heterocycles. The Balaban J connectivity index is 2.35. The Hall–Kier alpha value is -2.03. The van der Waals surface area contributed by atoms with Gasteiger partial charge in [0.05, 0.1) is 11.8 Å². The van der Waals surface area contributed by atoms with E-state index in [1.54, 1.807) is 36.7 Å². The SMILES string of the molecule is O=C(c1ccccc1)[n+]1ccccn1. The Morgan fingerprint density at radius 2 is 1.86 bits per heavy atom. The van der Waals surface area contributed by atoms with Gasteiger partial charge in [-0.15, -0.1) is 0 Å². The van der Waals surface area contributed by atoms with Gasteiger partial charge in [-0.25, -0.2) is 4.79 Å². The summed E-state index contributed by atoms with van der Waals surface area (Å²) in [5, 5.41) is 3.92. The summed E-state index contributed by atoms with van der Waals surface area (Å²) in [5.41, 5.74) is 0.635. The lowest BCUT2D eigenvalue weighted by molar-refractivity contribution is -0.634. The van der Waals surface area contributed by atoms with Gasteiger partial charge in [0.25, 0.3) is 0 Å². The van der Waals surface area contributed by atoms with Gasteiger partial charge in [-0.05, 0) is 22.9 Å². The van der Waals surface area contributed by atoms with Gasteiger partial charge in [-0.3, -0.25) is 0 Å². The van der Waals surface area contributed by atoms with Crippen LogP contribution in [0.2, 0.25) is 0 Å². The summed E-state index contributed by atoms with van der Waals surface area (Å²) in [6.07, 6.45) is 3.22. The Bertz CT molecular complexity index is 384. The van der Waals surface area contributed by atoms with Gasteiger partial charge in [-0.2, -0.15) is 0 Å². The minimum absolute atomic E-state index is 0.119. The van der Waals surface area contributed by atoms with E-state index in [9.17, 15) is 4.79 Å². The molecule has 0 spiro atoms. The van der Waals surface area contributed by atoms with Crippen LogP contribution in [0.15, 0.2) is 54.9 Å². The number of aromatic nitrogens is 2. The molecular formula is C11H9N2O+. The molecule has 14 heavy (non-hydrogen) atoms. The lowest BCUT2D eigenvalue weighted by Crippen LogP contribution is -2.45. The minimum Gasteiger partial charge on any atom is -0.211 e. The van der Waals surface area contributed by atoms with Crippen LogP contribution in [0.25, 0.3) is 0 Å². The number of hydrogen-bond donors (Lipinski definition) is 0. The van der Waals surface area contributed by atoms with Gasteiger partial charge < -0.3 is 0 Å². The highest BCUT2D eigenvalue weighted by atomic mass is 16.2. The first-order chi connectivity index (χ1) is 6.88. The molecule has 0 aliphatic carbocycles. The van der Waals surface area contributed by atoms with E-state index >= 15 is 0 Å². The van der Waals surface area contributed by atoms with E-state index < -0.39 is 0 Å². The molecule has 3 nitrogen and oxygen atoms in total. The van der Waals surface area contributed by atoms with Gasteiger partial charge in [-0.1, -0.05) is 18.2 Å². The van der Waals surface area contributed by atoms with Crippen LogP contribution >= 0.6 is 0 Å². The second kappa shape index (κ2) is 3.79. The Kier molecular flexibility index (Phi) is 2.32. The van der Waals surface area contributed by atoms with Crippen molar-refractivity contribution in [3.05, 3.63) is 60.4 Å². The van der Waals surface area contributed by atoms with E-state index in [0.29, 0.717) is 5.56 Å². The second-order valence-electron chi connectivity index (χ2n) is 2.81. The lowest BCUT2D eigenvalue weighted by atomic mass is 10.2. The molecule has 0 aliphatic heterocycles. The van der Waals surface area contributed by atoms with Gasteiger partial charge in [0, 0.05) is 11.2 Å². The first kappa shape index (κ1) is 8.56. The van der Waals surface area contributed by atoms with Crippen LogP contribution < -0.4 is 4.68 Å². The van der Waals surface area contributed by atoms with Crippen LogP contribution in [0.5, 0.6) is 0 Å². The molecule has 2 aromatic rings. The van der Waals surface area contributed by atoms with E-state index in [4.69, 9.17) is 0 Å². The van der Waals surface area contributed by atoms with E-state index in [1.807, 2.05) is 18.2 Å². The van der Waals surface area contributed by atoms with Gasteiger partial charge in [0.1, 0.15) is 0 Å². The summed E-state index contributed by atoms with van der Waals surface area (Å²) in [5.74, 6) is -0.119. The average molecular weight is 185 g/mol. The fourth-order valence-electron chi connectivity index (χ4n) is 1.16. The summed E-state index contributed by atoms with van der Waals surface area (Å²) < 4.78 is 1.31. The van der Waals surface area contributed by atoms with E-state index in [-0.39, 0.29) is 5.91 Å². The van der Waals surface area contributed by atoms with Gasteiger partial charge in [0.15, 0.2) is 0 Å². The summed E-state index contributed by atoms with van der Waals surface area (Å²) in [6.45, 7) is 0. The molecule has 68 valence electrons. The molecule has 0 unspecified atom stereocenters. The molecule has 3 heteroatoms. The fourth-order valence-corrected chi connectivity index (χ4v) is 1.16. The zero-order valence-corrected chi connectivity index (χ0v) is 7.50. The minimum atomic E-state index is -0.119. The highest BCUT2D eigenvalue weighted by molar-refractivity contribution is 5.86. The molecule has 0 bridgehead atoms. The summed E-state index contributed by atoms with van der Waals surface area (Å²) in [4.78, 5) is 11.7. The maximum absolute atomic E-state index is 11.7. The molecule has 1 heterocycles. The number of carbonyl (C=O) groups excluding carboxylic acids is 1. The summed E-state index contributed by atoms with van der Waals surface area (Å²) in [7, 11) is 0. The first-order valence-corrected chi connectivity index (χ1v) is 4.30. The molecule has 0 amide bonds. The molecule has 0 aliphatic rings. The molecule has 0 saturated carbocycles. The Morgan fingerprint density at radius 3 is 2.50 bits per heavy atom. The molecule has 0 N–H and O–H groups in total. The molecule has 0 fully saturated rings. The van der Waals surface area contributed by atoms with Crippen LogP contribution in [0.1, 0.15) is 10.4 Å². The van der Waals surface area contributed by atoms with E-state index in [2.05, 4.69) is 5.10 Å². The van der Waals surface area contributed by atoms with Gasteiger partial charge in [0.2, 0.25) is 6.20 Å². The van der Waals surface area contributed by atoms with Crippen molar-refractivity contribution in [3.63, 3.8) is 0 Å². The summed E-state index contributed by atoms with van der Waals surface area (Å²) in [6, 6.07) is 12.6. The van der Waals surface area contributed by atoms with Crippen LogP contribution in [0.3, 0.4) is 0 Å². The van der Waals surface area contributed by atoms with Crippen LogP contribution in [-0.4, -0.2) is 11.0 Å². The number of rotatable bonds is 1. The molecule has 2 rings (SSSR count). The largest absolute Gasteiger partial charge is 0.449 e. The fraction of sp³-hybridized carbons (Fsp3) is 0. The zero-order chi connectivity index (χ0) is 9.80. The van der Waals surface area contributed by atoms with Crippen molar-refractivity contribution in [2.24, 2.45) is 0 Å². The van der Waals surface area contributed by atoms with Crippen LogP contribution in [0.4, 0.5) is 0 Å². The lowest BCUT2D eigenvalue weighted by Gasteiger charge is -1.91. The Labute approximate surface area is 81.6 Å². The molecule has 0 radical (unpaired) electrons. The number of nitrogens with zero attached hydrogens (tertiary/aromatic N) is 2. The zero-order valence-electron chi connectivity index (χ0n) is 7.50. The highest BCUT2D eigenvalue weighted by Gasteiger charge is 2.17. The first-order valence-electron chi connectivity index (χ1n) is 4.30. The molecule has 0 atom stereocenters. The van der Waals surface area contributed by atoms with Crippen LogP contribution in [-0.2, 0) is 0 Å². The molecule has 1 aromatic heterocycles. The van der Waals surface area contributed by atoms with Crippen molar-refractivity contribution in [1.29, 1.82) is 0 Å². The smallest absolute Gasteiger partial charge is 0.211 e. The number of carbonyl (C=O) groups is 1. The maximum Gasteiger partial charge on any atom is 0.449 e. The van der Waals surface area contributed by atoms with Crippen molar-refractivity contribution >= 4 is 5.91 Å². The molecule has 1 aromatic carbocycles. The van der Waals surface area contributed by atoms with Crippen molar-refractivity contribution < 1.29 is 9.48 Å². The molecular weight excluding hydrogens is 176 g/mol. The standard InChI is InChI=1S/C11H9N2O/c14-11(10-6-2-1-3-7-10)13-9-5-4-8-12-13/h1-9H/q+1. The monoisotopic (exact) mass is 185 g/mol. The third kappa shape index (κ3) is 1.66. The van der Waals surface area contributed by atoms with E-state index in [1.165, 1.54) is 4.68 Å². The van der Waals surface area contributed by atoms with Crippen molar-refractivity contribution in [2.75, 3.05) is 0 Å². The predicted octanol–water partition coefficient (Wildman–Crippen LogP) is 1.06. The summed E-state index contributed by atoms with van der Waals surface area (Å²) >= 11 is 0. The van der Waals surface area contributed by atoms with Crippen molar-refractivity contribution in [3.8, 4) is 0 Å². The number of hydrogen-bond acceptors (Lipinski definition) is 2. The topological polar surface area (TPSA) is 33.8 Å². The van der Waals surface area contributed by atoms with E-state index in [0.717, 1.165) is 0 Å². The average Bonchev–Trinajstić information content (AvgIpc) is 2.30. The maximum atomic E-state index is 11.7. The third-order valence-corrected chi connectivity index (χ3v) is 1.84. The van der Waals surface area contributed by atoms with Gasteiger partial charge >= 0.3 is 5.91 Å². The second-order valence-corrected chi connectivity index (χ2v) is 2.81. The number of benzene rings is 1. The van der Waals surface area contributed by atoms with Crippen LogP contribution in [0, 0.1) is 0 Å². The highest BCUT2D eigenvalue weighted by Crippen LogP contribution is 1.96. The van der Waals surface area contributed by atoms with Crippen molar-refractivity contribution in [2.45, 2.75) is 0 Å². The normalized spacial score (nSPS) is 9.71. The van der Waals surface area contributed by atoms with Crippen molar-refractivity contribution in [1.82, 2.24) is 5.10 Å².